The van der Waals surface area contributed by atoms with E-state index in [2.05, 4.69) is 15.1 Å². The summed E-state index contributed by atoms with van der Waals surface area (Å²) in [5.41, 5.74) is 3.94. The summed E-state index contributed by atoms with van der Waals surface area (Å²) in [6, 6.07) is 9.50. The molecule has 0 unspecified atom stereocenters. The van der Waals surface area contributed by atoms with Crippen LogP contribution in [0.4, 0.5) is 0 Å². The van der Waals surface area contributed by atoms with Gasteiger partial charge >= 0.3 is 0 Å². The van der Waals surface area contributed by atoms with E-state index in [4.69, 9.17) is 9.26 Å². The van der Waals surface area contributed by atoms with E-state index in [0.29, 0.717) is 31.2 Å². The molecular formula is C21H22N4O3. The smallest absolute Gasteiger partial charge is 0.264 e. The van der Waals surface area contributed by atoms with Crippen LogP contribution in [0.5, 0.6) is 5.75 Å². The fraction of sp³-hybridized carbons (Fsp3) is 0.333. The van der Waals surface area contributed by atoms with Crippen molar-refractivity contribution in [2.24, 2.45) is 0 Å². The molecule has 2 aromatic heterocycles. The standard InChI is InChI=1S/C21H22N4O3/c1-3-19(26)25-10-9-17-15(12-25)11-22-14(2)20(17)21-23-18(28-24-21)13-27-16-7-5-4-6-8-16/h4-8,11H,3,9-10,12-13H2,1-2H3. The Kier molecular flexibility index (Phi) is 5.06. The number of carbonyl (C=O) groups excluding carboxylic acids is 1. The van der Waals surface area contributed by atoms with Crippen molar-refractivity contribution < 1.29 is 14.1 Å². The van der Waals surface area contributed by atoms with Crippen LogP contribution in [-0.4, -0.2) is 32.5 Å². The first-order valence-electron chi connectivity index (χ1n) is 9.41. The molecule has 0 saturated heterocycles. The average molecular weight is 378 g/mol. The molecule has 0 N–H and O–H groups in total. The second-order valence-corrected chi connectivity index (χ2v) is 6.75. The molecule has 0 saturated carbocycles. The van der Waals surface area contributed by atoms with Crippen molar-refractivity contribution in [3.63, 3.8) is 0 Å². The molecule has 0 aliphatic carbocycles. The highest BCUT2D eigenvalue weighted by Crippen LogP contribution is 2.30. The Balaban J connectivity index is 1.57. The monoisotopic (exact) mass is 378 g/mol. The molecule has 3 heterocycles. The van der Waals surface area contributed by atoms with E-state index in [0.717, 1.165) is 34.6 Å². The molecule has 1 amide bonds. The maximum absolute atomic E-state index is 12.0. The Morgan fingerprint density at radius 3 is 2.89 bits per heavy atom. The van der Waals surface area contributed by atoms with Gasteiger partial charge in [-0.15, -0.1) is 0 Å². The van der Waals surface area contributed by atoms with Crippen LogP contribution < -0.4 is 4.74 Å². The highest BCUT2D eigenvalue weighted by Gasteiger charge is 2.25. The zero-order valence-corrected chi connectivity index (χ0v) is 16.0. The van der Waals surface area contributed by atoms with Crippen molar-refractivity contribution in [1.29, 1.82) is 0 Å². The number of benzene rings is 1. The number of aryl methyl sites for hydroxylation is 1. The number of amides is 1. The van der Waals surface area contributed by atoms with Crippen molar-refractivity contribution in [3.05, 3.63) is 59.2 Å². The van der Waals surface area contributed by atoms with Crippen LogP contribution in [0.3, 0.4) is 0 Å². The second kappa shape index (κ2) is 7.80. The minimum atomic E-state index is 0.160. The van der Waals surface area contributed by atoms with Gasteiger partial charge in [0.2, 0.25) is 11.7 Å². The van der Waals surface area contributed by atoms with Gasteiger partial charge in [0, 0.05) is 37.0 Å². The predicted octanol–water partition coefficient (Wildman–Crippen LogP) is 3.31. The van der Waals surface area contributed by atoms with Crippen LogP contribution in [0.2, 0.25) is 0 Å². The second-order valence-electron chi connectivity index (χ2n) is 6.75. The Morgan fingerprint density at radius 2 is 2.11 bits per heavy atom. The Labute approximate surface area is 163 Å². The summed E-state index contributed by atoms with van der Waals surface area (Å²) in [6.07, 6.45) is 3.12. The lowest BCUT2D eigenvalue weighted by atomic mass is 9.94. The fourth-order valence-electron chi connectivity index (χ4n) is 3.46. The van der Waals surface area contributed by atoms with Crippen LogP contribution in [0, 0.1) is 6.92 Å². The molecular weight excluding hydrogens is 356 g/mol. The molecule has 7 nitrogen and oxygen atoms in total. The summed E-state index contributed by atoms with van der Waals surface area (Å²) < 4.78 is 11.1. The molecule has 0 atom stereocenters. The normalized spacial score (nSPS) is 13.3. The number of pyridine rings is 1. The van der Waals surface area contributed by atoms with Gasteiger partial charge in [-0.2, -0.15) is 4.98 Å². The number of aromatic nitrogens is 3. The van der Waals surface area contributed by atoms with Gasteiger partial charge in [0.15, 0.2) is 6.61 Å². The number of hydrogen-bond acceptors (Lipinski definition) is 6. The molecule has 0 bridgehead atoms. The van der Waals surface area contributed by atoms with Crippen molar-refractivity contribution in [2.45, 2.75) is 39.8 Å². The van der Waals surface area contributed by atoms with Crippen LogP contribution in [0.25, 0.3) is 11.4 Å². The zero-order valence-electron chi connectivity index (χ0n) is 16.0. The summed E-state index contributed by atoms with van der Waals surface area (Å²) in [5, 5.41) is 4.15. The van der Waals surface area contributed by atoms with E-state index in [1.165, 1.54) is 0 Å². The van der Waals surface area contributed by atoms with E-state index in [9.17, 15) is 4.79 Å². The lowest BCUT2D eigenvalue weighted by Gasteiger charge is -2.29. The largest absolute Gasteiger partial charge is 0.484 e. The Hall–Kier alpha value is -3.22. The number of rotatable bonds is 5. The number of ether oxygens (including phenoxy) is 1. The molecule has 28 heavy (non-hydrogen) atoms. The van der Waals surface area contributed by atoms with Crippen molar-refractivity contribution >= 4 is 5.91 Å². The zero-order chi connectivity index (χ0) is 19.5. The van der Waals surface area contributed by atoms with Crippen molar-refractivity contribution in [1.82, 2.24) is 20.0 Å². The predicted molar refractivity (Wildman–Crippen MR) is 102 cm³/mol. The van der Waals surface area contributed by atoms with Crippen molar-refractivity contribution in [2.75, 3.05) is 6.54 Å². The van der Waals surface area contributed by atoms with Gasteiger partial charge in [0.05, 0.1) is 0 Å². The summed E-state index contributed by atoms with van der Waals surface area (Å²) >= 11 is 0. The Bertz CT molecular complexity index is 985. The van der Waals surface area contributed by atoms with Crippen LogP contribution >= 0.6 is 0 Å². The molecule has 0 radical (unpaired) electrons. The molecule has 3 aromatic rings. The first-order valence-corrected chi connectivity index (χ1v) is 9.41. The molecule has 144 valence electrons. The summed E-state index contributed by atoms with van der Waals surface area (Å²) in [7, 11) is 0. The topological polar surface area (TPSA) is 81.4 Å². The molecule has 7 heteroatoms. The lowest BCUT2D eigenvalue weighted by molar-refractivity contribution is -0.131. The number of hydrogen-bond donors (Lipinski definition) is 0. The third kappa shape index (κ3) is 3.60. The molecule has 1 aliphatic heterocycles. The summed E-state index contributed by atoms with van der Waals surface area (Å²) in [6.45, 7) is 5.30. The minimum Gasteiger partial charge on any atom is -0.484 e. The third-order valence-corrected chi connectivity index (χ3v) is 4.91. The van der Waals surface area contributed by atoms with Gasteiger partial charge in [0.1, 0.15) is 5.75 Å². The van der Waals surface area contributed by atoms with Gasteiger partial charge in [-0.3, -0.25) is 9.78 Å². The first-order chi connectivity index (χ1) is 13.7. The maximum Gasteiger partial charge on any atom is 0.264 e. The minimum absolute atomic E-state index is 0.160. The number of para-hydroxylation sites is 1. The maximum atomic E-state index is 12.0. The molecule has 0 spiro atoms. The number of carbonyl (C=O) groups is 1. The first kappa shape index (κ1) is 18.2. The quantitative estimate of drug-likeness (QED) is 0.677. The number of fused-ring (bicyclic) bond motifs is 1. The van der Waals surface area contributed by atoms with Gasteiger partial charge < -0.3 is 14.2 Å². The van der Waals surface area contributed by atoms with Crippen LogP contribution in [0.1, 0.15) is 36.1 Å². The summed E-state index contributed by atoms with van der Waals surface area (Å²) in [5.74, 6) is 1.84. The van der Waals surface area contributed by atoms with Gasteiger partial charge in [0.25, 0.3) is 5.89 Å². The molecule has 0 fully saturated rings. The van der Waals surface area contributed by atoms with E-state index >= 15 is 0 Å². The van der Waals surface area contributed by atoms with E-state index < -0.39 is 0 Å². The molecule has 4 rings (SSSR count). The SMILES string of the molecule is CCC(=O)N1CCc2c(cnc(C)c2-c2noc(COc3ccccc3)n2)C1. The fourth-order valence-corrected chi connectivity index (χ4v) is 3.46. The third-order valence-electron chi connectivity index (χ3n) is 4.91. The highest BCUT2D eigenvalue weighted by molar-refractivity contribution is 5.76. The average Bonchev–Trinajstić information content (AvgIpc) is 3.20. The van der Waals surface area contributed by atoms with Crippen molar-refractivity contribution in [3.8, 4) is 17.1 Å². The van der Waals surface area contributed by atoms with E-state index in [-0.39, 0.29) is 12.5 Å². The van der Waals surface area contributed by atoms with E-state index in [1.54, 1.807) is 0 Å². The lowest BCUT2D eigenvalue weighted by Crippen LogP contribution is -2.35. The molecule has 1 aliphatic rings. The van der Waals surface area contributed by atoms with E-state index in [1.807, 2.05) is 55.3 Å². The highest BCUT2D eigenvalue weighted by atomic mass is 16.5. The number of nitrogens with zero attached hydrogens (tertiary/aromatic N) is 4. The Morgan fingerprint density at radius 1 is 1.29 bits per heavy atom. The van der Waals surface area contributed by atoms with Gasteiger partial charge in [-0.25, -0.2) is 0 Å². The summed E-state index contributed by atoms with van der Waals surface area (Å²) in [4.78, 5) is 22.9. The van der Waals surface area contributed by atoms with Crippen LogP contribution in [-0.2, 0) is 24.4 Å². The van der Waals surface area contributed by atoms with Gasteiger partial charge in [-0.05, 0) is 36.6 Å². The molecule has 1 aromatic carbocycles. The van der Waals surface area contributed by atoms with Gasteiger partial charge in [-0.1, -0.05) is 30.3 Å². The van der Waals surface area contributed by atoms with Crippen LogP contribution in [0.15, 0.2) is 41.1 Å².